The van der Waals surface area contributed by atoms with Gasteiger partial charge in [-0.3, -0.25) is 0 Å². The highest BCUT2D eigenvalue weighted by Gasteiger charge is 2.03. The van der Waals surface area contributed by atoms with Gasteiger partial charge in [0.25, 0.3) is 0 Å². The maximum Gasteiger partial charge on any atom is 0.223 e. The normalized spacial score (nSPS) is 12.5. The van der Waals surface area contributed by atoms with Gasteiger partial charge in [0.2, 0.25) is 5.95 Å². The van der Waals surface area contributed by atoms with Crippen LogP contribution < -0.4 is 11.1 Å². The summed E-state index contributed by atoms with van der Waals surface area (Å²) in [6, 6.07) is 1.45. The van der Waals surface area contributed by atoms with Gasteiger partial charge in [0.15, 0.2) is 0 Å². The van der Waals surface area contributed by atoms with Crippen LogP contribution in [0, 0.1) is 0 Å². The summed E-state index contributed by atoms with van der Waals surface area (Å²) in [5.74, 6) is 0.624. The Balaban J connectivity index is 2.77. The molecule has 0 aliphatic rings. The Morgan fingerprint density at radius 1 is 1.69 bits per heavy atom. The molecule has 0 bridgehead atoms. The molecule has 1 unspecified atom stereocenters. The molecule has 13 heavy (non-hydrogen) atoms. The third kappa shape index (κ3) is 3.04. The zero-order chi connectivity index (χ0) is 9.84. The lowest BCUT2D eigenvalue weighted by molar-refractivity contribution is 0.281. The van der Waals surface area contributed by atoms with E-state index in [4.69, 9.17) is 22.4 Å². The largest absolute Gasteiger partial charge is 0.394 e. The van der Waals surface area contributed by atoms with Crippen LogP contribution in [0.15, 0.2) is 6.07 Å². The van der Waals surface area contributed by atoms with Gasteiger partial charge >= 0.3 is 0 Å². The number of nitrogen functional groups attached to an aromatic ring is 1. The zero-order valence-corrected chi connectivity index (χ0v) is 7.91. The van der Waals surface area contributed by atoms with Crippen LogP contribution in [-0.4, -0.2) is 27.7 Å². The van der Waals surface area contributed by atoms with Crippen molar-refractivity contribution >= 4 is 23.4 Å². The summed E-state index contributed by atoms with van der Waals surface area (Å²) >= 11 is 5.64. The standard InChI is InChI=1S/C7H11ClN4O/c1-4(3-13)10-6-2-5(8)11-7(9)12-6/h2,4,13H,3H2,1H3,(H3,9,10,11,12). The van der Waals surface area contributed by atoms with Crippen molar-refractivity contribution in [1.82, 2.24) is 9.97 Å². The molecular weight excluding hydrogens is 192 g/mol. The monoisotopic (exact) mass is 202 g/mol. The molecule has 1 atom stereocenters. The minimum absolute atomic E-state index is 0.0154. The van der Waals surface area contributed by atoms with E-state index in [1.807, 2.05) is 6.92 Å². The fourth-order valence-corrected chi connectivity index (χ4v) is 0.997. The van der Waals surface area contributed by atoms with Gasteiger partial charge in [0, 0.05) is 12.1 Å². The number of nitrogens with two attached hydrogens (primary N) is 1. The van der Waals surface area contributed by atoms with Crippen LogP contribution in [0.25, 0.3) is 0 Å². The molecule has 0 aromatic carbocycles. The van der Waals surface area contributed by atoms with Gasteiger partial charge in [-0.05, 0) is 6.92 Å². The van der Waals surface area contributed by atoms with E-state index in [1.54, 1.807) is 6.07 Å². The Hall–Kier alpha value is -1.07. The highest BCUT2D eigenvalue weighted by atomic mass is 35.5. The second-order valence-electron chi connectivity index (χ2n) is 2.66. The number of aromatic nitrogens is 2. The van der Waals surface area contributed by atoms with Crippen molar-refractivity contribution in [3.05, 3.63) is 11.2 Å². The molecule has 0 aliphatic heterocycles. The average molecular weight is 203 g/mol. The first-order chi connectivity index (χ1) is 6.11. The Labute approximate surface area is 81.0 Å². The summed E-state index contributed by atoms with van der Waals surface area (Å²) < 4.78 is 0. The molecule has 0 saturated carbocycles. The van der Waals surface area contributed by atoms with Gasteiger partial charge in [0.1, 0.15) is 11.0 Å². The van der Waals surface area contributed by atoms with E-state index in [9.17, 15) is 0 Å². The number of hydrogen-bond donors (Lipinski definition) is 3. The van der Waals surface area contributed by atoms with Crippen molar-refractivity contribution < 1.29 is 5.11 Å². The second-order valence-corrected chi connectivity index (χ2v) is 3.05. The maximum absolute atomic E-state index is 8.76. The molecule has 5 nitrogen and oxygen atoms in total. The fourth-order valence-electron chi connectivity index (χ4n) is 0.807. The first-order valence-electron chi connectivity index (χ1n) is 3.79. The molecule has 1 aromatic rings. The van der Waals surface area contributed by atoms with Crippen molar-refractivity contribution in [2.45, 2.75) is 13.0 Å². The number of aliphatic hydroxyl groups is 1. The van der Waals surface area contributed by atoms with Crippen LogP contribution in [0.4, 0.5) is 11.8 Å². The summed E-state index contributed by atoms with van der Waals surface area (Å²) in [5.41, 5.74) is 5.37. The van der Waals surface area contributed by atoms with Crippen LogP contribution in [-0.2, 0) is 0 Å². The van der Waals surface area contributed by atoms with E-state index >= 15 is 0 Å². The molecule has 1 heterocycles. The molecule has 0 spiro atoms. The summed E-state index contributed by atoms with van der Waals surface area (Å²) in [6.45, 7) is 1.83. The van der Waals surface area contributed by atoms with E-state index in [0.717, 1.165) is 0 Å². The highest BCUT2D eigenvalue weighted by molar-refractivity contribution is 6.29. The Morgan fingerprint density at radius 2 is 2.38 bits per heavy atom. The SMILES string of the molecule is CC(CO)Nc1cc(Cl)nc(N)n1. The van der Waals surface area contributed by atoms with Crippen molar-refractivity contribution in [1.29, 1.82) is 0 Å². The molecule has 0 amide bonds. The topological polar surface area (TPSA) is 84.1 Å². The highest BCUT2D eigenvalue weighted by Crippen LogP contribution is 2.12. The lowest BCUT2D eigenvalue weighted by Crippen LogP contribution is -2.20. The van der Waals surface area contributed by atoms with Gasteiger partial charge in [-0.2, -0.15) is 4.98 Å². The quantitative estimate of drug-likeness (QED) is 0.622. The van der Waals surface area contributed by atoms with Gasteiger partial charge < -0.3 is 16.2 Å². The fraction of sp³-hybridized carbons (Fsp3) is 0.429. The molecule has 0 saturated heterocycles. The Kier molecular flexibility index (Phi) is 3.27. The van der Waals surface area contributed by atoms with Crippen molar-refractivity contribution in [2.75, 3.05) is 17.7 Å². The smallest absolute Gasteiger partial charge is 0.223 e. The van der Waals surface area contributed by atoms with E-state index in [2.05, 4.69) is 15.3 Å². The summed E-state index contributed by atoms with van der Waals surface area (Å²) in [4.78, 5) is 7.58. The molecule has 6 heteroatoms. The molecule has 4 N–H and O–H groups in total. The first kappa shape index (κ1) is 10.0. The van der Waals surface area contributed by atoms with Gasteiger partial charge in [0.05, 0.1) is 6.61 Å². The van der Waals surface area contributed by atoms with Crippen LogP contribution in [0.1, 0.15) is 6.92 Å². The minimum atomic E-state index is -0.0923. The molecule has 72 valence electrons. The average Bonchev–Trinajstić information content (AvgIpc) is 2.02. The number of halogens is 1. The van der Waals surface area contributed by atoms with Crippen molar-refractivity contribution in [2.24, 2.45) is 0 Å². The first-order valence-corrected chi connectivity index (χ1v) is 4.17. The minimum Gasteiger partial charge on any atom is -0.394 e. The lowest BCUT2D eigenvalue weighted by Gasteiger charge is -2.11. The number of rotatable bonds is 3. The molecule has 1 rings (SSSR count). The van der Waals surface area contributed by atoms with Gasteiger partial charge in [-0.15, -0.1) is 0 Å². The predicted octanol–water partition coefficient (Wildman–Crippen LogP) is 0.505. The summed E-state index contributed by atoms with van der Waals surface area (Å²) in [7, 11) is 0. The van der Waals surface area contributed by atoms with Crippen LogP contribution in [0.3, 0.4) is 0 Å². The number of anilines is 2. The third-order valence-corrected chi connectivity index (χ3v) is 1.57. The molecule has 0 fully saturated rings. The number of nitrogens with zero attached hydrogens (tertiary/aromatic N) is 2. The lowest BCUT2D eigenvalue weighted by atomic mass is 10.3. The van der Waals surface area contributed by atoms with E-state index in [-0.39, 0.29) is 23.8 Å². The summed E-state index contributed by atoms with van der Waals surface area (Å²) in [6.07, 6.45) is 0. The molecule has 1 aromatic heterocycles. The van der Waals surface area contributed by atoms with Crippen LogP contribution in [0.2, 0.25) is 5.15 Å². The summed E-state index contributed by atoms with van der Waals surface area (Å²) in [5, 5.41) is 12.0. The Morgan fingerprint density at radius 3 is 2.92 bits per heavy atom. The van der Waals surface area contributed by atoms with Crippen LogP contribution >= 0.6 is 11.6 Å². The third-order valence-electron chi connectivity index (χ3n) is 1.38. The number of aliphatic hydroxyl groups excluding tert-OH is 1. The number of nitrogens with one attached hydrogen (secondary N) is 1. The van der Waals surface area contributed by atoms with Gasteiger partial charge in [-0.1, -0.05) is 11.6 Å². The maximum atomic E-state index is 8.76. The molecule has 0 aliphatic carbocycles. The van der Waals surface area contributed by atoms with E-state index in [1.165, 1.54) is 0 Å². The van der Waals surface area contributed by atoms with Crippen molar-refractivity contribution in [3.63, 3.8) is 0 Å². The second kappa shape index (κ2) is 4.25. The van der Waals surface area contributed by atoms with Crippen LogP contribution in [0.5, 0.6) is 0 Å². The number of hydrogen-bond acceptors (Lipinski definition) is 5. The van der Waals surface area contributed by atoms with Gasteiger partial charge in [-0.25, -0.2) is 4.98 Å². The predicted molar refractivity (Wildman–Crippen MR) is 51.6 cm³/mol. The molecule has 0 radical (unpaired) electrons. The van der Waals surface area contributed by atoms with Crippen molar-refractivity contribution in [3.8, 4) is 0 Å². The van der Waals surface area contributed by atoms with E-state index in [0.29, 0.717) is 5.82 Å². The van der Waals surface area contributed by atoms with E-state index < -0.39 is 0 Å². The Bertz CT molecular complexity index is 274. The molecular formula is C7H11ClN4O. The zero-order valence-electron chi connectivity index (χ0n) is 7.16.